The van der Waals surface area contributed by atoms with Crippen molar-refractivity contribution in [2.45, 2.75) is 24.4 Å². The first kappa shape index (κ1) is 19.8. The summed E-state index contributed by atoms with van der Waals surface area (Å²) in [6.07, 6.45) is 2.49. The van der Waals surface area contributed by atoms with Crippen LogP contribution >= 0.6 is 11.8 Å². The topological polar surface area (TPSA) is 52.6 Å². The normalized spacial score (nSPS) is 34.3. The van der Waals surface area contributed by atoms with Gasteiger partial charge in [0.2, 0.25) is 0 Å². The van der Waals surface area contributed by atoms with Crippen LogP contribution in [0.15, 0.2) is 4.99 Å². The molecule has 4 saturated heterocycles. The number of nitrogens with zero attached hydrogens (tertiary/aromatic N) is 4. The molecule has 4 aliphatic rings. The average Bonchev–Trinajstić information content (AvgIpc) is 3.41. The van der Waals surface area contributed by atoms with Crippen LogP contribution in [-0.2, 0) is 9.47 Å². The van der Waals surface area contributed by atoms with Gasteiger partial charge < -0.3 is 19.7 Å². The summed E-state index contributed by atoms with van der Waals surface area (Å²) in [6.45, 7) is 10.9. The molecule has 1 N–H and O–H groups in total. The number of likely N-dealkylation sites (tertiary alicyclic amines) is 1. The quantitative estimate of drug-likeness (QED) is 0.536. The summed E-state index contributed by atoms with van der Waals surface area (Å²) in [4.78, 5) is 12.3. The summed E-state index contributed by atoms with van der Waals surface area (Å²) in [7, 11) is 1.93. The van der Waals surface area contributed by atoms with Gasteiger partial charge in [0, 0.05) is 70.2 Å². The summed E-state index contributed by atoms with van der Waals surface area (Å²) in [5.41, 5.74) is 0.258. The number of aliphatic imine (C=N–C) groups is 1. The number of hydrogen-bond acceptors (Lipinski definition) is 6. The van der Waals surface area contributed by atoms with Crippen LogP contribution in [0.4, 0.5) is 0 Å². The van der Waals surface area contributed by atoms with E-state index in [1.54, 1.807) is 0 Å². The smallest absolute Gasteiger partial charge is 0.193 e. The molecular weight excluding hydrogens is 362 g/mol. The van der Waals surface area contributed by atoms with E-state index in [1.165, 1.54) is 24.3 Å². The number of hydrogen-bond donors (Lipinski definition) is 1. The summed E-state index contributed by atoms with van der Waals surface area (Å²) in [5.74, 6) is 3.56. The van der Waals surface area contributed by atoms with Gasteiger partial charge in [0.15, 0.2) is 5.96 Å². The van der Waals surface area contributed by atoms with Crippen LogP contribution in [0.5, 0.6) is 0 Å². The van der Waals surface area contributed by atoms with Crippen molar-refractivity contribution in [3.8, 4) is 0 Å². The Morgan fingerprint density at radius 1 is 1.11 bits per heavy atom. The molecule has 0 aromatic carbocycles. The summed E-state index contributed by atoms with van der Waals surface area (Å²) < 4.78 is 11.1. The molecule has 0 bridgehead atoms. The van der Waals surface area contributed by atoms with Crippen molar-refractivity contribution in [2.24, 2.45) is 4.99 Å². The maximum atomic E-state index is 5.59. The van der Waals surface area contributed by atoms with Crippen LogP contribution in [0.3, 0.4) is 0 Å². The molecule has 0 amide bonds. The molecule has 0 aromatic rings. The van der Waals surface area contributed by atoms with Crippen molar-refractivity contribution in [1.82, 2.24) is 20.0 Å². The van der Waals surface area contributed by atoms with Crippen molar-refractivity contribution in [2.75, 3.05) is 90.8 Å². The number of morpholine rings is 2. The molecule has 2 unspecified atom stereocenters. The van der Waals surface area contributed by atoms with Crippen molar-refractivity contribution < 1.29 is 9.47 Å². The first-order chi connectivity index (χ1) is 13.3. The second-order valence-electron chi connectivity index (χ2n) is 8.06. The molecule has 2 atom stereocenters. The van der Waals surface area contributed by atoms with E-state index in [0.29, 0.717) is 6.04 Å². The number of ether oxygens (including phenoxy) is 2. The van der Waals surface area contributed by atoms with Crippen molar-refractivity contribution in [3.63, 3.8) is 0 Å². The fraction of sp³-hybridized carbons (Fsp3) is 0.947. The molecule has 0 radical (unpaired) electrons. The molecular formula is C19H35N5O2S. The van der Waals surface area contributed by atoms with Gasteiger partial charge in [0.25, 0.3) is 0 Å². The van der Waals surface area contributed by atoms with E-state index in [9.17, 15) is 0 Å². The Kier molecular flexibility index (Phi) is 6.81. The van der Waals surface area contributed by atoms with Gasteiger partial charge in [0.05, 0.1) is 26.4 Å². The molecule has 27 heavy (non-hydrogen) atoms. The largest absolute Gasteiger partial charge is 0.379 e. The molecule has 4 heterocycles. The minimum Gasteiger partial charge on any atom is -0.379 e. The molecule has 4 aliphatic heterocycles. The van der Waals surface area contributed by atoms with Crippen molar-refractivity contribution in [1.29, 1.82) is 0 Å². The first-order valence-electron chi connectivity index (χ1n) is 10.5. The summed E-state index contributed by atoms with van der Waals surface area (Å²) in [5, 5.41) is 3.75. The zero-order valence-corrected chi connectivity index (χ0v) is 17.5. The zero-order valence-electron chi connectivity index (χ0n) is 16.7. The summed E-state index contributed by atoms with van der Waals surface area (Å²) in [6, 6.07) is 0.641. The lowest BCUT2D eigenvalue weighted by molar-refractivity contribution is -0.0121. The zero-order chi connectivity index (χ0) is 18.5. The maximum Gasteiger partial charge on any atom is 0.193 e. The van der Waals surface area contributed by atoms with Gasteiger partial charge in [0.1, 0.15) is 0 Å². The van der Waals surface area contributed by atoms with Crippen LogP contribution < -0.4 is 5.32 Å². The van der Waals surface area contributed by atoms with Crippen LogP contribution in [0.1, 0.15) is 12.8 Å². The number of nitrogens with one attached hydrogen (secondary N) is 1. The molecule has 0 aromatic heterocycles. The van der Waals surface area contributed by atoms with Crippen molar-refractivity contribution in [3.05, 3.63) is 0 Å². The summed E-state index contributed by atoms with van der Waals surface area (Å²) >= 11 is 2.09. The Labute approximate surface area is 167 Å². The third-order valence-corrected chi connectivity index (χ3v) is 7.81. The minimum absolute atomic E-state index is 0.258. The van der Waals surface area contributed by atoms with Gasteiger partial charge in [-0.15, -0.1) is 0 Å². The second kappa shape index (κ2) is 9.31. The van der Waals surface area contributed by atoms with E-state index in [4.69, 9.17) is 9.47 Å². The highest BCUT2D eigenvalue weighted by Gasteiger charge is 2.41. The predicted molar refractivity (Wildman–Crippen MR) is 111 cm³/mol. The highest BCUT2D eigenvalue weighted by atomic mass is 32.2. The Morgan fingerprint density at radius 2 is 1.85 bits per heavy atom. The van der Waals surface area contributed by atoms with Crippen LogP contribution in [0, 0.1) is 0 Å². The standard InChI is InChI=1S/C19H35N5O2S/c1-20-18(23-4-2-17(14-23)22-5-9-25-10-6-22)21-15-19(3-13-27-16-19)24-7-11-26-12-8-24/h17H,2-16H2,1H3,(H,20,21). The lowest BCUT2D eigenvalue weighted by atomic mass is 9.95. The average molecular weight is 398 g/mol. The van der Waals surface area contributed by atoms with E-state index < -0.39 is 0 Å². The number of guanidine groups is 1. The van der Waals surface area contributed by atoms with E-state index in [2.05, 4.69) is 36.8 Å². The van der Waals surface area contributed by atoms with Gasteiger partial charge in [-0.1, -0.05) is 0 Å². The highest BCUT2D eigenvalue weighted by Crippen LogP contribution is 2.33. The lowest BCUT2D eigenvalue weighted by Gasteiger charge is -2.43. The molecule has 7 nitrogen and oxygen atoms in total. The second-order valence-corrected chi connectivity index (χ2v) is 9.17. The molecule has 154 valence electrons. The van der Waals surface area contributed by atoms with Crippen LogP contribution in [-0.4, -0.2) is 123 Å². The van der Waals surface area contributed by atoms with Gasteiger partial charge in [-0.25, -0.2) is 0 Å². The van der Waals surface area contributed by atoms with Crippen molar-refractivity contribution >= 4 is 17.7 Å². The Morgan fingerprint density at radius 3 is 2.52 bits per heavy atom. The van der Waals surface area contributed by atoms with Gasteiger partial charge >= 0.3 is 0 Å². The third-order valence-electron chi connectivity index (χ3n) is 6.58. The fourth-order valence-corrected chi connectivity index (χ4v) is 6.36. The van der Waals surface area contributed by atoms with Crippen LogP contribution in [0.2, 0.25) is 0 Å². The Hall–Kier alpha value is -0.540. The third kappa shape index (κ3) is 4.56. The highest BCUT2D eigenvalue weighted by molar-refractivity contribution is 7.99. The molecule has 0 aliphatic carbocycles. The SMILES string of the molecule is CN=C(NCC1(N2CCOCC2)CCSC1)N1CCC(N2CCOCC2)C1. The van der Waals surface area contributed by atoms with E-state index in [-0.39, 0.29) is 5.54 Å². The van der Waals surface area contributed by atoms with E-state index in [0.717, 1.165) is 78.2 Å². The molecule has 0 saturated carbocycles. The lowest BCUT2D eigenvalue weighted by Crippen LogP contribution is -2.60. The van der Waals surface area contributed by atoms with Gasteiger partial charge in [-0.3, -0.25) is 14.8 Å². The van der Waals surface area contributed by atoms with Crippen LogP contribution in [0.25, 0.3) is 0 Å². The van der Waals surface area contributed by atoms with E-state index in [1.807, 2.05) is 7.05 Å². The fourth-order valence-electron chi connectivity index (χ4n) is 4.89. The molecule has 4 fully saturated rings. The monoisotopic (exact) mass is 397 g/mol. The Bertz CT molecular complexity index is 502. The van der Waals surface area contributed by atoms with Gasteiger partial charge in [-0.2, -0.15) is 11.8 Å². The van der Waals surface area contributed by atoms with Gasteiger partial charge in [-0.05, 0) is 18.6 Å². The van der Waals surface area contributed by atoms with E-state index >= 15 is 0 Å². The molecule has 4 rings (SSSR count). The number of thioether (sulfide) groups is 1. The Balaban J connectivity index is 1.33. The predicted octanol–water partition coefficient (Wildman–Crippen LogP) is 0.176. The first-order valence-corrected chi connectivity index (χ1v) is 11.6. The molecule has 8 heteroatoms. The minimum atomic E-state index is 0.258. The number of rotatable bonds is 4. The molecule has 0 spiro atoms. The maximum absolute atomic E-state index is 5.59.